The number of nitrogens with zero attached hydrogens (tertiary/aromatic N) is 2. The predicted molar refractivity (Wildman–Crippen MR) is 70.7 cm³/mol. The van der Waals surface area contributed by atoms with E-state index in [-0.39, 0.29) is 10.7 Å². The second-order valence-corrected chi connectivity index (χ2v) is 4.09. The Balaban J connectivity index is 2.50. The molecule has 1 aromatic carbocycles. The van der Waals surface area contributed by atoms with E-state index in [9.17, 15) is 4.79 Å². The van der Waals surface area contributed by atoms with Crippen LogP contribution in [0.1, 0.15) is 10.4 Å². The fourth-order valence-electron chi connectivity index (χ4n) is 1.62. The molecule has 1 heterocycles. The van der Waals surface area contributed by atoms with Gasteiger partial charge in [0.05, 0.1) is 0 Å². The summed E-state index contributed by atoms with van der Waals surface area (Å²) in [5.41, 5.74) is 0.959. The summed E-state index contributed by atoms with van der Waals surface area (Å²) >= 11 is 5.82. The van der Waals surface area contributed by atoms with E-state index in [0.717, 1.165) is 5.69 Å². The largest absolute Gasteiger partial charge is 0.478 e. The molecule has 0 unspecified atom stereocenters. The van der Waals surface area contributed by atoms with Gasteiger partial charge in [-0.1, -0.05) is 29.8 Å². The van der Waals surface area contributed by atoms with Crippen molar-refractivity contribution in [3.63, 3.8) is 0 Å². The van der Waals surface area contributed by atoms with Crippen LogP contribution in [0.5, 0.6) is 0 Å². The van der Waals surface area contributed by atoms with Gasteiger partial charge >= 0.3 is 5.97 Å². The van der Waals surface area contributed by atoms with Crippen molar-refractivity contribution in [2.75, 3.05) is 11.9 Å². The molecule has 0 fully saturated rings. The number of carbonyl (C=O) groups is 1. The Morgan fingerprint density at radius 3 is 2.50 bits per heavy atom. The zero-order valence-corrected chi connectivity index (χ0v) is 10.4. The Labute approximate surface area is 109 Å². The monoisotopic (exact) mass is 262 g/mol. The van der Waals surface area contributed by atoms with Crippen molar-refractivity contribution >= 4 is 29.1 Å². The number of carboxylic acids is 1. The van der Waals surface area contributed by atoms with Crippen LogP contribution in [-0.4, -0.2) is 23.1 Å². The summed E-state index contributed by atoms with van der Waals surface area (Å²) in [6.45, 7) is 0. The molecule has 18 heavy (non-hydrogen) atoms. The van der Waals surface area contributed by atoms with E-state index in [0.29, 0.717) is 5.82 Å². The molecule has 1 N–H and O–H groups in total. The molecule has 0 aliphatic heterocycles. The average Bonchev–Trinajstić information content (AvgIpc) is 2.38. The summed E-state index contributed by atoms with van der Waals surface area (Å²) in [4.78, 5) is 16.9. The minimum atomic E-state index is -1.03. The van der Waals surface area contributed by atoms with Crippen LogP contribution in [0, 0.1) is 0 Å². The highest BCUT2D eigenvalue weighted by Gasteiger charge is 2.16. The fourth-order valence-corrected chi connectivity index (χ4v) is 1.76. The third-order valence-electron chi connectivity index (χ3n) is 2.53. The molecular formula is C13H11ClN2O2. The Bertz CT molecular complexity index is 572. The highest BCUT2D eigenvalue weighted by molar-refractivity contribution is 6.29. The highest BCUT2D eigenvalue weighted by Crippen LogP contribution is 2.26. The molecule has 5 heteroatoms. The number of rotatable bonds is 3. The lowest BCUT2D eigenvalue weighted by molar-refractivity contribution is 0.0697. The first kappa shape index (κ1) is 12.4. The van der Waals surface area contributed by atoms with Crippen LogP contribution in [-0.2, 0) is 0 Å². The molecule has 4 nitrogen and oxygen atoms in total. The minimum Gasteiger partial charge on any atom is -0.478 e. The van der Waals surface area contributed by atoms with Gasteiger partial charge < -0.3 is 10.0 Å². The van der Waals surface area contributed by atoms with E-state index in [4.69, 9.17) is 16.7 Å². The van der Waals surface area contributed by atoms with Gasteiger partial charge in [0.25, 0.3) is 0 Å². The van der Waals surface area contributed by atoms with Crippen LogP contribution >= 0.6 is 11.6 Å². The molecule has 0 aliphatic carbocycles. The zero-order valence-electron chi connectivity index (χ0n) is 9.67. The van der Waals surface area contributed by atoms with E-state index >= 15 is 0 Å². The number of anilines is 2. The van der Waals surface area contributed by atoms with Gasteiger partial charge in [-0.25, -0.2) is 9.78 Å². The average molecular weight is 263 g/mol. The number of carboxylic acid groups (broad SMARTS) is 1. The molecule has 0 saturated heterocycles. The van der Waals surface area contributed by atoms with Crippen LogP contribution in [0.2, 0.25) is 5.15 Å². The number of halogens is 1. The molecule has 92 valence electrons. The zero-order chi connectivity index (χ0) is 13.1. The second kappa shape index (κ2) is 5.06. The number of benzene rings is 1. The number of aromatic carboxylic acids is 1. The van der Waals surface area contributed by atoms with E-state index in [1.165, 1.54) is 12.1 Å². The van der Waals surface area contributed by atoms with Gasteiger partial charge in [0.15, 0.2) is 0 Å². The lowest BCUT2D eigenvalue weighted by atomic mass is 10.2. The number of para-hydroxylation sites is 1. The van der Waals surface area contributed by atoms with Gasteiger partial charge in [0.1, 0.15) is 16.5 Å². The first-order valence-electron chi connectivity index (χ1n) is 5.28. The predicted octanol–water partition coefficient (Wildman–Crippen LogP) is 3.20. The van der Waals surface area contributed by atoms with E-state index in [1.807, 2.05) is 30.3 Å². The van der Waals surface area contributed by atoms with Crippen LogP contribution in [0.25, 0.3) is 0 Å². The van der Waals surface area contributed by atoms with Crippen molar-refractivity contribution in [3.05, 3.63) is 53.2 Å². The maximum Gasteiger partial charge on any atom is 0.339 e. The summed E-state index contributed by atoms with van der Waals surface area (Å²) in [5, 5.41) is 9.40. The Morgan fingerprint density at radius 2 is 1.89 bits per heavy atom. The van der Waals surface area contributed by atoms with Crippen LogP contribution in [0.3, 0.4) is 0 Å². The molecule has 0 amide bonds. The van der Waals surface area contributed by atoms with Crippen LogP contribution in [0.15, 0.2) is 42.5 Å². The summed E-state index contributed by atoms with van der Waals surface area (Å²) < 4.78 is 0. The second-order valence-electron chi connectivity index (χ2n) is 3.70. The summed E-state index contributed by atoms with van der Waals surface area (Å²) in [7, 11) is 1.75. The summed E-state index contributed by atoms with van der Waals surface area (Å²) in [5.74, 6) is -0.710. The molecule has 0 radical (unpaired) electrons. The molecule has 2 rings (SSSR count). The number of hydrogen-bond acceptors (Lipinski definition) is 3. The number of pyridine rings is 1. The molecule has 1 aromatic heterocycles. The maximum absolute atomic E-state index is 11.2. The Kier molecular flexibility index (Phi) is 3.48. The quantitative estimate of drug-likeness (QED) is 0.863. The number of hydrogen-bond donors (Lipinski definition) is 1. The van der Waals surface area contributed by atoms with E-state index < -0.39 is 5.97 Å². The first-order chi connectivity index (χ1) is 8.59. The third kappa shape index (κ3) is 2.43. The van der Waals surface area contributed by atoms with Gasteiger partial charge in [-0.3, -0.25) is 0 Å². The molecule has 2 aromatic rings. The third-order valence-corrected chi connectivity index (χ3v) is 2.74. The Morgan fingerprint density at radius 1 is 1.22 bits per heavy atom. The maximum atomic E-state index is 11.2. The first-order valence-corrected chi connectivity index (χ1v) is 5.66. The van der Waals surface area contributed by atoms with Crippen molar-refractivity contribution in [2.24, 2.45) is 0 Å². The lowest BCUT2D eigenvalue weighted by Crippen LogP contribution is -2.15. The SMILES string of the molecule is CN(c1ccccc1)c1nc(Cl)ccc1C(=O)O. The normalized spacial score (nSPS) is 10.1. The van der Waals surface area contributed by atoms with Gasteiger partial charge in [-0.15, -0.1) is 0 Å². The van der Waals surface area contributed by atoms with Gasteiger partial charge in [0, 0.05) is 12.7 Å². The van der Waals surface area contributed by atoms with Crippen LogP contribution < -0.4 is 4.90 Å². The summed E-state index contributed by atoms with van der Waals surface area (Å²) in [6.07, 6.45) is 0. The van der Waals surface area contributed by atoms with Crippen LogP contribution in [0.4, 0.5) is 11.5 Å². The summed E-state index contributed by atoms with van der Waals surface area (Å²) in [6, 6.07) is 12.3. The Hall–Kier alpha value is -2.07. The highest BCUT2D eigenvalue weighted by atomic mass is 35.5. The molecular weight excluding hydrogens is 252 g/mol. The molecule has 0 atom stereocenters. The lowest BCUT2D eigenvalue weighted by Gasteiger charge is -2.20. The van der Waals surface area contributed by atoms with Crippen molar-refractivity contribution in [3.8, 4) is 0 Å². The van der Waals surface area contributed by atoms with Crippen molar-refractivity contribution in [2.45, 2.75) is 0 Å². The van der Waals surface area contributed by atoms with Gasteiger partial charge in [-0.05, 0) is 24.3 Å². The van der Waals surface area contributed by atoms with Gasteiger partial charge in [-0.2, -0.15) is 0 Å². The number of aromatic nitrogens is 1. The minimum absolute atomic E-state index is 0.116. The van der Waals surface area contributed by atoms with Crippen molar-refractivity contribution in [1.82, 2.24) is 4.98 Å². The standard InChI is InChI=1S/C13H11ClN2O2/c1-16(9-5-3-2-4-6-9)12-10(13(17)18)7-8-11(14)15-12/h2-8H,1H3,(H,17,18). The molecule has 0 bridgehead atoms. The molecule has 0 spiro atoms. The fraction of sp³-hybridized carbons (Fsp3) is 0.0769. The van der Waals surface area contributed by atoms with E-state index in [2.05, 4.69) is 4.98 Å². The van der Waals surface area contributed by atoms with E-state index in [1.54, 1.807) is 11.9 Å². The smallest absolute Gasteiger partial charge is 0.339 e. The molecule has 0 saturated carbocycles. The topological polar surface area (TPSA) is 53.4 Å². The van der Waals surface area contributed by atoms with Crippen molar-refractivity contribution in [1.29, 1.82) is 0 Å². The van der Waals surface area contributed by atoms with Gasteiger partial charge in [0.2, 0.25) is 0 Å². The van der Waals surface area contributed by atoms with Crippen molar-refractivity contribution < 1.29 is 9.90 Å². The molecule has 0 aliphatic rings.